The Balaban J connectivity index is 1.51. The van der Waals surface area contributed by atoms with Crippen molar-refractivity contribution in [2.45, 2.75) is 38.7 Å². The Labute approximate surface area is 189 Å². The number of carboxylic acid groups (broad SMARTS) is 1. The SMILES string of the molecule is CCOC(Cc1ccc(OCCN(CC2CCC2)C(=O)Nc2ccccc2)cc1)C(=O)O. The fourth-order valence-corrected chi connectivity index (χ4v) is 3.62. The Morgan fingerprint density at radius 1 is 1.12 bits per heavy atom. The number of carboxylic acids is 1. The second-order valence-electron chi connectivity index (χ2n) is 8.02. The number of amides is 2. The number of rotatable bonds is 12. The van der Waals surface area contributed by atoms with E-state index in [1.54, 1.807) is 6.92 Å². The molecule has 1 aliphatic carbocycles. The first-order chi connectivity index (χ1) is 15.5. The number of carbonyl (C=O) groups excluding carboxylic acids is 1. The van der Waals surface area contributed by atoms with Crippen LogP contribution in [0.1, 0.15) is 31.7 Å². The molecule has 2 aromatic rings. The summed E-state index contributed by atoms with van der Waals surface area (Å²) in [6.45, 7) is 3.73. The lowest BCUT2D eigenvalue weighted by atomic mass is 9.85. The highest BCUT2D eigenvalue weighted by Crippen LogP contribution is 2.27. The van der Waals surface area contributed by atoms with E-state index in [1.165, 1.54) is 6.42 Å². The molecule has 0 heterocycles. The third kappa shape index (κ3) is 7.27. The van der Waals surface area contributed by atoms with Crippen molar-refractivity contribution in [3.05, 3.63) is 60.2 Å². The minimum atomic E-state index is -0.965. The number of hydrogen-bond donors (Lipinski definition) is 2. The van der Waals surface area contributed by atoms with Gasteiger partial charge in [-0.05, 0) is 55.5 Å². The van der Waals surface area contributed by atoms with Gasteiger partial charge in [0.05, 0.1) is 6.54 Å². The van der Waals surface area contributed by atoms with Crippen LogP contribution in [0, 0.1) is 5.92 Å². The zero-order chi connectivity index (χ0) is 22.8. The largest absolute Gasteiger partial charge is 0.492 e. The van der Waals surface area contributed by atoms with E-state index in [-0.39, 0.29) is 6.03 Å². The van der Waals surface area contributed by atoms with E-state index < -0.39 is 12.1 Å². The predicted octanol–water partition coefficient (Wildman–Crippen LogP) is 4.43. The van der Waals surface area contributed by atoms with E-state index in [9.17, 15) is 14.7 Å². The summed E-state index contributed by atoms with van der Waals surface area (Å²) in [7, 11) is 0. The van der Waals surface area contributed by atoms with Crippen LogP contribution in [-0.2, 0) is 16.0 Å². The smallest absolute Gasteiger partial charge is 0.333 e. The summed E-state index contributed by atoms with van der Waals surface area (Å²) in [5, 5.41) is 12.2. The van der Waals surface area contributed by atoms with E-state index in [0.717, 1.165) is 30.6 Å². The lowest BCUT2D eigenvalue weighted by Crippen LogP contribution is -2.42. The average Bonchev–Trinajstić information content (AvgIpc) is 2.76. The molecule has 1 saturated carbocycles. The van der Waals surface area contributed by atoms with Gasteiger partial charge in [-0.25, -0.2) is 9.59 Å². The van der Waals surface area contributed by atoms with E-state index in [0.29, 0.717) is 37.8 Å². The number of anilines is 1. The van der Waals surface area contributed by atoms with Gasteiger partial charge in [-0.15, -0.1) is 0 Å². The molecule has 2 aromatic carbocycles. The molecule has 3 rings (SSSR count). The summed E-state index contributed by atoms with van der Waals surface area (Å²) in [6.07, 6.45) is 3.01. The fourth-order valence-electron chi connectivity index (χ4n) is 3.62. The van der Waals surface area contributed by atoms with Crippen LogP contribution in [0.3, 0.4) is 0 Å². The van der Waals surface area contributed by atoms with Crippen molar-refractivity contribution in [2.75, 3.05) is 31.6 Å². The third-order valence-electron chi connectivity index (χ3n) is 5.63. The first-order valence-electron chi connectivity index (χ1n) is 11.2. The van der Waals surface area contributed by atoms with E-state index in [1.807, 2.05) is 59.5 Å². The van der Waals surface area contributed by atoms with Gasteiger partial charge in [-0.3, -0.25) is 0 Å². The van der Waals surface area contributed by atoms with Gasteiger partial charge in [-0.1, -0.05) is 36.8 Å². The van der Waals surface area contributed by atoms with Crippen LogP contribution in [0.2, 0.25) is 0 Å². The standard InChI is InChI=1S/C25H32N2O5/c1-2-31-23(24(28)29)17-19-11-13-22(14-12-19)32-16-15-27(18-20-7-6-8-20)25(30)26-21-9-4-3-5-10-21/h3-5,9-14,20,23H,2,6-8,15-18H2,1H3,(H,26,30)(H,28,29). The zero-order valence-corrected chi connectivity index (χ0v) is 18.5. The number of nitrogens with zero attached hydrogens (tertiary/aromatic N) is 1. The maximum absolute atomic E-state index is 12.8. The number of nitrogens with one attached hydrogen (secondary N) is 1. The minimum absolute atomic E-state index is 0.113. The molecule has 7 nitrogen and oxygen atoms in total. The first kappa shape index (κ1) is 23.6. The molecule has 1 unspecified atom stereocenters. The summed E-state index contributed by atoms with van der Waals surface area (Å²) in [4.78, 5) is 25.9. The van der Waals surface area contributed by atoms with Crippen molar-refractivity contribution < 1.29 is 24.2 Å². The molecule has 0 spiro atoms. The molecule has 32 heavy (non-hydrogen) atoms. The Bertz CT molecular complexity index is 852. The number of urea groups is 1. The summed E-state index contributed by atoms with van der Waals surface area (Å²) in [6, 6.07) is 16.7. The monoisotopic (exact) mass is 440 g/mol. The summed E-state index contributed by atoms with van der Waals surface area (Å²) >= 11 is 0. The molecule has 172 valence electrons. The number of aliphatic carboxylic acids is 1. The second kappa shape index (κ2) is 12.1. The molecule has 0 aromatic heterocycles. The summed E-state index contributed by atoms with van der Waals surface area (Å²) in [5.74, 6) is 0.278. The summed E-state index contributed by atoms with van der Waals surface area (Å²) in [5.41, 5.74) is 1.64. The van der Waals surface area contributed by atoms with Gasteiger partial charge in [0.25, 0.3) is 0 Å². The highest BCUT2D eigenvalue weighted by Gasteiger charge is 2.24. The van der Waals surface area contributed by atoms with Crippen LogP contribution in [0.4, 0.5) is 10.5 Å². The molecule has 2 N–H and O–H groups in total. The van der Waals surface area contributed by atoms with Gasteiger partial charge in [-0.2, -0.15) is 0 Å². The van der Waals surface area contributed by atoms with Crippen LogP contribution in [0.15, 0.2) is 54.6 Å². The molecule has 0 aliphatic heterocycles. The molecule has 0 radical (unpaired) electrons. The predicted molar refractivity (Wildman–Crippen MR) is 123 cm³/mol. The molecule has 1 fully saturated rings. The van der Waals surface area contributed by atoms with Gasteiger partial charge in [0, 0.05) is 25.3 Å². The Morgan fingerprint density at radius 3 is 2.44 bits per heavy atom. The van der Waals surface area contributed by atoms with Gasteiger partial charge in [0.1, 0.15) is 12.4 Å². The Hall–Kier alpha value is -3.06. The van der Waals surface area contributed by atoms with E-state index >= 15 is 0 Å². The van der Waals surface area contributed by atoms with Gasteiger partial charge >= 0.3 is 12.0 Å². The maximum atomic E-state index is 12.8. The number of ether oxygens (including phenoxy) is 2. The molecule has 1 atom stereocenters. The van der Waals surface area contributed by atoms with E-state index in [4.69, 9.17) is 9.47 Å². The molecule has 2 amide bonds. The average molecular weight is 441 g/mol. The van der Waals surface area contributed by atoms with Crippen molar-refractivity contribution >= 4 is 17.7 Å². The highest BCUT2D eigenvalue weighted by atomic mass is 16.5. The van der Waals surface area contributed by atoms with E-state index in [2.05, 4.69) is 5.32 Å². The molecular weight excluding hydrogens is 408 g/mol. The van der Waals surface area contributed by atoms with Gasteiger partial charge < -0.3 is 24.8 Å². The van der Waals surface area contributed by atoms with Crippen molar-refractivity contribution in [3.63, 3.8) is 0 Å². The first-order valence-corrected chi connectivity index (χ1v) is 11.2. The van der Waals surface area contributed by atoms with Crippen molar-refractivity contribution in [2.24, 2.45) is 5.92 Å². The lowest BCUT2D eigenvalue weighted by molar-refractivity contribution is -0.149. The molecule has 7 heteroatoms. The second-order valence-corrected chi connectivity index (χ2v) is 8.02. The molecular formula is C25H32N2O5. The quantitative estimate of drug-likeness (QED) is 0.510. The van der Waals surface area contributed by atoms with Crippen LogP contribution < -0.4 is 10.1 Å². The minimum Gasteiger partial charge on any atom is -0.492 e. The number of hydrogen-bond acceptors (Lipinski definition) is 4. The Morgan fingerprint density at radius 2 is 1.84 bits per heavy atom. The number of para-hydroxylation sites is 1. The van der Waals surface area contributed by atoms with Gasteiger partial charge in [0.2, 0.25) is 0 Å². The summed E-state index contributed by atoms with van der Waals surface area (Å²) < 4.78 is 11.1. The zero-order valence-electron chi connectivity index (χ0n) is 18.5. The number of carbonyl (C=O) groups is 2. The topological polar surface area (TPSA) is 88.1 Å². The van der Waals surface area contributed by atoms with Crippen LogP contribution in [-0.4, -0.2) is 54.4 Å². The normalized spacial score (nSPS) is 14.3. The molecule has 0 saturated heterocycles. The third-order valence-corrected chi connectivity index (χ3v) is 5.63. The molecule has 1 aliphatic rings. The lowest BCUT2D eigenvalue weighted by Gasteiger charge is -2.32. The van der Waals surface area contributed by atoms with Crippen LogP contribution in [0.25, 0.3) is 0 Å². The van der Waals surface area contributed by atoms with Gasteiger partial charge in [0.15, 0.2) is 6.10 Å². The fraction of sp³-hybridized carbons (Fsp3) is 0.440. The Kier molecular flexibility index (Phi) is 8.92. The van der Waals surface area contributed by atoms with Crippen molar-refractivity contribution in [1.82, 2.24) is 4.90 Å². The molecule has 0 bridgehead atoms. The van der Waals surface area contributed by atoms with Crippen LogP contribution >= 0.6 is 0 Å². The highest BCUT2D eigenvalue weighted by molar-refractivity contribution is 5.89. The van der Waals surface area contributed by atoms with Crippen molar-refractivity contribution in [1.29, 1.82) is 0 Å². The number of benzene rings is 2. The van der Waals surface area contributed by atoms with Crippen LogP contribution in [0.5, 0.6) is 5.75 Å². The maximum Gasteiger partial charge on any atom is 0.333 e. The van der Waals surface area contributed by atoms with Crippen molar-refractivity contribution in [3.8, 4) is 5.75 Å².